The van der Waals surface area contributed by atoms with Gasteiger partial charge in [-0.15, -0.1) is 0 Å². The molecule has 2 unspecified atom stereocenters. The maximum absolute atomic E-state index is 12.4. The lowest BCUT2D eigenvalue weighted by Crippen LogP contribution is -2.38. The zero-order valence-electron chi connectivity index (χ0n) is 12.4. The summed E-state index contributed by atoms with van der Waals surface area (Å²) >= 11 is 0. The van der Waals surface area contributed by atoms with Crippen molar-refractivity contribution in [3.8, 4) is 0 Å². The quantitative estimate of drug-likeness (QED) is 0.660. The summed E-state index contributed by atoms with van der Waals surface area (Å²) in [4.78, 5) is 23.1. The summed E-state index contributed by atoms with van der Waals surface area (Å²) in [7, 11) is 1.60. The zero-order valence-corrected chi connectivity index (χ0v) is 12.4. The number of benzene rings is 1. The zero-order chi connectivity index (χ0) is 15.4. The average molecular weight is 291 g/mol. The van der Waals surface area contributed by atoms with Gasteiger partial charge in [0.05, 0.1) is 4.92 Å². The minimum absolute atomic E-state index is 0.110. The average Bonchev–Trinajstić information content (AvgIpc) is 2.46. The van der Waals surface area contributed by atoms with Gasteiger partial charge in [0.25, 0.3) is 5.91 Å². The second-order valence-electron chi connectivity index (χ2n) is 5.65. The highest BCUT2D eigenvalue weighted by Gasteiger charge is 2.27. The first-order valence-electron chi connectivity index (χ1n) is 7.29. The van der Waals surface area contributed by atoms with Crippen LogP contribution in [0.15, 0.2) is 18.2 Å². The van der Waals surface area contributed by atoms with Crippen LogP contribution < -0.4 is 10.6 Å². The Morgan fingerprint density at radius 2 is 2.14 bits per heavy atom. The van der Waals surface area contributed by atoms with Crippen LogP contribution in [-0.4, -0.2) is 23.9 Å². The van der Waals surface area contributed by atoms with E-state index >= 15 is 0 Å². The van der Waals surface area contributed by atoms with E-state index in [-0.39, 0.29) is 23.2 Å². The number of anilines is 1. The van der Waals surface area contributed by atoms with E-state index < -0.39 is 4.92 Å². The van der Waals surface area contributed by atoms with Crippen LogP contribution in [-0.2, 0) is 0 Å². The van der Waals surface area contributed by atoms with E-state index in [1.165, 1.54) is 12.5 Å². The van der Waals surface area contributed by atoms with E-state index in [1.54, 1.807) is 19.2 Å². The summed E-state index contributed by atoms with van der Waals surface area (Å²) in [5.41, 5.74) is 0.302. The predicted octanol–water partition coefficient (Wildman–Crippen LogP) is 2.95. The Morgan fingerprint density at radius 3 is 2.76 bits per heavy atom. The number of nitrogens with zero attached hydrogens (tertiary/aromatic N) is 1. The Bertz CT molecular complexity index is 545. The van der Waals surface area contributed by atoms with Gasteiger partial charge in [-0.3, -0.25) is 14.9 Å². The van der Waals surface area contributed by atoms with Crippen LogP contribution >= 0.6 is 0 Å². The van der Waals surface area contributed by atoms with E-state index in [4.69, 9.17) is 0 Å². The third-order valence-corrected chi connectivity index (χ3v) is 4.00. The van der Waals surface area contributed by atoms with Gasteiger partial charge in [-0.1, -0.05) is 25.8 Å². The Balaban J connectivity index is 2.21. The van der Waals surface area contributed by atoms with Crippen molar-refractivity contribution in [3.05, 3.63) is 33.9 Å². The Labute approximate surface area is 124 Å². The fourth-order valence-electron chi connectivity index (χ4n) is 2.95. The molecule has 1 amide bonds. The molecule has 0 bridgehead atoms. The number of amides is 1. The lowest BCUT2D eigenvalue weighted by atomic mass is 9.87. The minimum atomic E-state index is -0.510. The second-order valence-corrected chi connectivity index (χ2v) is 5.65. The number of nitrogens with one attached hydrogen (secondary N) is 2. The van der Waals surface area contributed by atoms with Crippen LogP contribution in [0, 0.1) is 16.0 Å². The summed E-state index contributed by atoms with van der Waals surface area (Å²) in [5, 5.41) is 16.9. The molecule has 2 rings (SSSR count). The highest BCUT2D eigenvalue weighted by molar-refractivity contribution is 6.00. The number of rotatable bonds is 4. The highest BCUT2D eigenvalue weighted by atomic mass is 16.6. The van der Waals surface area contributed by atoms with Gasteiger partial charge < -0.3 is 10.6 Å². The van der Waals surface area contributed by atoms with Gasteiger partial charge in [0.2, 0.25) is 0 Å². The molecule has 6 nitrogen and oxygen atoms in total. The predicted molar refractivity (Wildman–Crippen MR) is 81.5 cm³/mol. The van der Waals surface area contributed by atoms with Crippen molar-refractivity contribution >= 4 is 17.3 Å². The molecule has 1 aromatic carbocycles. The van der Waals surface area contributed by atoms with E-state index in [1.807, 2.05) is 0 Å². The van der Waals surface area contributed by atoms with Crippen LogP contribution in [0.3, 0.4) is 0 Å². The summed E-state index contributed by atoms with van der Waals surface area (Å²) in [6.07, 6.45) is 4.15. The lowest BCUT2D eigenvalue weighted by Gasteiger charge is -2.27. The Hall–Kier alpha value is -2.11. The second kappa shape index (κ2) is 6.56. The van der Waals surface area contributed by atoms with Gasteiger partial charge in [0.1, 0.15) is 11.3 Å². The summed E-state index contributed by atoms with van der Waals surface area (Å²) < 4.78 is 0. The van der Waals surface area contributed by atoms with E-state index in [9.17, 15) is 14.9 Å². The number of nitro groups is 1. The molecule has 114 valence electrons. The number of carbonyl (C=O) groups excluding carboxylic acids is 1. The molecule has 1 aliphatic carbocycles. The molecule has 0 spiro atoms. The van der Waals surface area contributed by atoms with Crippen molar-refractivity contribution in [2.75, 3.05) is 12.4 Å². The fourth-order valence-corrected chi connectivity index (χ4v) is 2.95. The maximum Gasteiger partial charge on any atom is 0.305 e. The Kier molecular flexibility index (Phi) is 4.77. The molecule has 2 atom stereocenters. The molecule has 0 saturated heterocycles. The van der Waals surface area contributed by atoms with E-state index in [0.717, 1.165) is 19.3 Å². The molecular weight excluding hydrogens is 270 g/mol. The van der Waals surface area contributed by atoms with Crippen LogP contribution in [0.2, 0.25) is 0 Å². The molecule has 1 aliphatic rings. The molecule has 0 aliphatic heterocycles. The van der Waals surface area contributed by atoms with Crippen LogP contribution in [0.25, 0.3) is 0 Å². The molecule has 1 fully saturated rings. The first-order valence-corrected chi connectivity index (χ1v) is 7.29. The SMILES string of the molecule is CNc1cccc(C(=O)NC2CCCC(C)C2)c1[N+](=O)[O-]. The highest BCUT2D eigenvalue weighted by Crippen LogP contribution is 2.29. The molecule has 6 heteroatoms. The fraction of sp³-hybridized carbons (Fsp3) is 0.533. The number of nitro benzene ring substituents is 1. The molecular formula is C15H21N3O3. The van der Waals surface area contributed by atoms with Gasteiger partial charge in [-0.05, 0) is 30.9 Å². The number of hydrogen-bond donors (Lipinski definition) is 2. The topological polar surface area (TPSA) is 84.3 Å². The number of hydrogen-bond acceptors (Lipinski definition) is 4. The minimum Gasteiger partial charge on any atom is -0.383 e. The monoisotopic (exact) mass is 291 g/mol. The van der Waals surface area contributed by atoms with E-state index in [0.29, 0.717) is 11.6 Å². The molecule has 21 heavy (non-hydrogen) atoms. The first kappa shape index (κ1) is 15.3. The molecule has 0 heterocycles. The third kappa shape index (κ3) is 3.51. The molecule has 2 N–H and O–H groups in total. The lowest BCUT2D eigenvalue weighted by molar-refractivity contribution is -0.384. The van der Waals surface area contributed by atoms with Gasteiger partial charge in [-0.25, -0.2) is 0 Å². The standard InChI is InChI=1S/C15H21N3O3/c1-10-5-3-6-11(9-10)17-15(19)12-7-4-8-13(16-2)14(12)18(20)21/h4,7-8,10-11,16H,3,5-6,9H2,1-2H3,(H,17,19). The van der Waals surface area contributed by atoms with Crippen LogP contribution in [0.1, 0.15) is 43.0 Å². The maximum atomic E-state index is 12.4. The van der Waals surface area contributed by atoms with Crippen molar-refractivity contribution in [3.63, 3.8) is 0 Å². The number of para-hydroxylation sites is 1. The van der Waals surface area contributed by atoms with Crippen LogP contribution in [0.4, 0.5) is 11.4 Å². The Morgan fingerprint density at radius 1 is 1.38 bits per heavy atom. The molecule has 1 saturated carbocycles. The smallest absolute Gasteiger partial charge is 0.305 e. The van der Waals surface area contributed by atoms with Crippen molar-refractivity contribution in [2.45, 2.75) is 38.6 Å². The molecule has 0 aromatic heterocycles. The largest absolute Gasteiger partial charge is 0.383 e. The van der Waals surface area contributed by atoms with Crippen molar-refractivity contribution < 1.29 is 9.72 Å². The normalized spacial score (nSPS) is 21.6. The first-order chi connectivity index (χ1) is 10.0. The van der Waals surface area contributed by atoms with E-state index in [2.05, 4.69) is 17.6 Å². The molecule has 0 radical (unpaired) electrons. The van der Waals surface area contributed by atoms with Gasteiger partial charge in [-0.2, -0.15) is 0 Å². The third-order valence-electron chi connectivity index (χ3n) is 4.00. The van der Waals surface area contributed by atoms with Gasteiger partial charge >= 0.3 is 5.69 Å². The van der Waals surface area contributed by atoms with Crippen molar-refractivity contribution in [1.82, 2.24) is 5.32 Å². The van der Waals surface area contributed by atoms with Gasteiger partial charge in [0.15, 0.2) is 0 Å². The summed E-state index contributed by atoms with van der Waals surface area (Å²) in [6, 6.07) is 4.86. The summed E-state index contributed by atoms with van der Waals surface area (Å²) in [6.45, 7) is 2.17. The number of carbonyl (C=O) groups is 1. The van der Waals surface area contributed by atoms with Crippen molar-refractivity contribution in [2.24, 2.45) is 5.92 Å². The molecule has 1 aromatic rings. The van der Waals surface area contributed by atoms with Crippen LogP contribution in [0.5, 0.6) is 0 Å². The summed E-state index contributed by atoms with van der Waals surface area (Å²) in [5.74, 6) is 0.223. The van der Waals surface area contributed by atoms with Gasteiger partial charge in [0, 0.05) is 13.1 Å². The van der Waals surface area contributed by atoms with Crippen molar-refractivity contribution in [1.29, 1.82) is 0 Å².